The zero-order valence-electron chi connectivity index (χ0n) is 14.9. The molecule has 1 atom stereocenters. The van der Waals surface area contributed by atoms with Crippen molar-refractivity contribution in [2.45, 2.75) is 12.5 Å². The summed E-state index contributed by atoms with van der Waals surface area (Å²) < 4.78 is 10.4. The van der Waals surface area contributed by atoms with Crippen LogP contribution in [0.3, 0.4) is 0 Å². The number of hydrogen-bond donors (Lipinski definition) is 1. The number of ether oxygens (including phenoxy) is 2. The molecule has 25 heavy (non-hydrogen) atoms. The summed E-state index contributed by atoms with van der Waals surface area (Å²) in [5.41, 5.74) is 0. The van der Waals surface area contributed by atoms with E-state index in [1.54, 1.807) is 26.5 Å². The van der Waals surface area contributed by atoms with Crippen LogP contribution in [0.1, 0.15) is 6.42 Å². The lowest BCUT2D eigenvalue weighted by Crippen LogP contribution is -2.28. The topological polar surface area (TPSA) is 88.5 Å². The zero-order valence-corrected chi connectivity index (χ0v) is 14.9. The predicted octanol–water partition coefficient (Wildman–Crippen LogP) is 1.04. The fraction of sp³-hybridized carbons (Fsp3) is 0.500. The van der Waals surface area contributed by atoms with Crippen molar-refractivity contribution in [1.29, 1.82) is 0 Å². The molecule has 1 unspecified atom stereocenters. The van der Waals surface area contributed by atoms with Gasteiger partial charge in [0.2, 0.25) is 23.7 Å². The molecule has 0 amide bonds. The van der Waals surface area contributed by atoms with Gasteiger partial charge in [0, 0.05) is 39.4 Å². The number of anilines is 3. The van der Waals surface area contributed by atoms with Gasteiger partial charge >= 0.3 is 0 Å². The molecule has 0 bridgehead atoms. The van der Waals surface area contributed by atoms with Crippen molar-refractivity contribution < 1.29 is 9.47 Å². The van der Waals surface area contributed by atoms with Crippen LogP contribution in [0.4, 0.5) is 17.7 Å². The van der Waals surface area contributed by atoms with Crippen LogP contribution in [0, 0.1) is 0 Å². The van der Waals surface area contributed by atoms with Gasteiger partial charge in [0.1, 0.15) is 5.82 Å². The van der Waals surface area contributed by atoms with Crippen LogP contribution in [0.2, 0.25) is 0 Å². The van der Waals surface area contributed by atoms with Crippen molar-refractivity contribution in [2.75, 3.05) is 56.5 Å². The van der Waals surface area contributed by atoms with Gasteiger partial charge in [0.15, 0.2) is 0 Å². The molecule has 2 aromatic heterocycles. The van der Waals surface area contributed by atoms with Gasteiger partial charge in [0.25, 0.3) is 0 Å². The Hall–Kier alpha value is -2.84. The minimum absolute atomic E-state index is 0.255. The van der Waals surface area contributed by atoms with Gasteiger partial charge in [-0.1, -0.05) is 0 Å². The average molecular weight is 345 g/mol. The van der Waals surface area contributed by atoms with Gasteiger partial charge in [0.05, 0.1) is 20.3 Å². The lowest BCUT2D eigenvalue weighted by Gasteiger charge is -2.18. The van der Waals surface area contributed by atoms with E-state index >= 15 is 0 Å². The maximum atomic E-state index is 5.22. The van der Waals surface area contributed by atoms with Gasteiger partial charge in [-0.15, -0.1) is 0 Å². The van der Waals surface area contributed by atoms with E-state index in [1.807, 2.05) is 25.1 Å². The largest absolute Gasteiger partial charge is 0.481 e. The van der Waals surface area contributed by atoms with E-state index in [1.165, 1.54) is 0 Å². The normalized spacial score (nSPS) is 16.6. The highest BCUT2D eigenvalue weighted by Gasteiger charge is 2.25. The highest BCUT2D eigenvalue weighted by molar-refractivity contribution is 5.44. The second kappa shape index (κ2) is 7.37. The van der Waals surface area contributed by atoms with Crippen LogP contribution >= 0.6 is 0 Å². The molecule has 2 aromatic rings. The highest BCUT2D eigenvalue weighted by Crippen LogP contribution is 2.24. The Bertz CT molecular complexity index is 703. The second-order valence-corrected chi connectivity index (χ2v) is 5.96. The lowest BCUT2D eigenvalue weighted by atomic mass is 10.2. The smallest absolute Gasteiger partial charge is 0.232 e. The number of methoxy groups -OCH3 is 2. The number of aromatic nitrogens is 4. The van der Waals surface area contributed by atoms with Gasteiger partial charge in [-0.3, -0.25) is 0 Å². The highest BCUT2D eigenvalue weighted by atomic mass is 16.5. The van der Waals surface area contributed by atoms with Crippen molar-refractivity contribution in [2.24, 2.45) is 0 Å². The van der Waals surface area contributed by atoms with Crippen LogP contribution in [0.15, 0.2) is 18.3 Å². The molecule has 0 aliphatic carbocycles. The summed E-state index contributed by atoms with van der Waals surface area (Å²) in [5.74, 6) is 3.09. The van der Waals surface area contributed by atoms with Crippen LogP contribution in [0.25, 0.3) is 0 Å². The van der Waals surface area contributed by atoms with Crippen LogP contribution in [-0.2, 0) is 0 Å². The molecule has 1 aliphatic heterocycles. The monoisotopic (exact) mass is 345 g/mol. The quantitative estimate of drug-likeness (QED) is 0.825. The number of nitrogens with zero attached hydrogens (tertiary/aromatic N) is 6. The SMILES string of the molecule is COc1cc(OC)nc(N2CCC(Nc3ccnc(N(C)C)n3)C2)n1. The molecule has 0 aromatic carbocycles. The van der Waals surface area contributed by atoms with Crippen molar-refractivity contribution in [3.05, 3.63) is 18.3 Å². The molecule has 0 saturated carbocycles. The Morgan fingerprint density at radius 2 is 1.88 bits per heavy atom. The van der Waals surface area contributed by atoms with Gasteiger partial charge in [-0.25, -0.2) is 4.98 Å². The van der Waals surface area contributed by atoms with E-state index < -0.39 is 0 Å². The van der Waals surface area contributed by atoms with Crippen molar-refractivity contribution in [3.8, 4) is 11.8 Å². The predicted molar refractivity (Wildman–Crippen MR) is 95.7 cm³/mol. The third-order valence-corrected chi connectivity index (χ3v) is 3.95. The molecule has 1 fully saturated rings. The summed E-state index contributed by atoms with van der Waals surface area (Å²) in [6, 6.07) is 3.80. The summed E-state index contributed by atoms with van der Waals surface area (Å²) >= 11 is 0. The lowest BCUT2D eigenvalue weighted by molar-refractivity contribution is 0.372. The molecule has 3 rings (SSSR count). The Morgan fingerprint density at radius 3 is 2.52 bits per heavy atom. The minimum Gasteiger partial charge on any atom is -0.481 e. The van der Waals surface area contributed by atoms with Crippen molar-refractivity contribution in [1.82, 2.24) is 19.9 Å². The maximum Gasteiger partial charge on any atom is 0.232 e. The first kappa shape index (κ1) is 17.0. The Kier molecular flexibility index (Phi) is 5.01. The average Bonchev–Trinajstić information content (AvgIpc) is 3.10. The molecular weight excluding hydrogens is 322 g/mol. The minimum atomic E-state index is 0.255. The van der Waals surface area contributed by atoms with Crippen molar-refractivity contribution in [3.63, 3.8) is 0 Å². The molecule has 1 aliphatic rings. The molecule has 134 valence electrons. The Balaban J connectivity index is 1.69. The fourth-order valence-electron chi connectivity index (χ4n) is 2.66. The molecule has 3 heterocycles. The summed E-state index contributed by atoms with van der Waals surface area (Å²) in [4.78, 5) is 21.5. The fourth-order valence-corrected chi connectivity index (χ4v) is 2.66. The van der Waals surface area contributed by atoms with Crippen LogP contribution in [-0.4, -0.2) is 67.4 Å². The number of nitrogens with one attached hydrogen (secondary N) is 1. The van der Waals surface area contributed by atoms with E-state index in [9.17, 15) is 0 Å². The first-order chi connectivity index (χ1) is 12.1. The molecular formula is C16H23N7O2. The first-order valence-corrected chi connectivity index (χ1v) is 8.08. The second-order valence-electron chi connectivity index (χ2n) is 5.96. The number of hydrogen-bond acceptors (Lipinski definition) is 9. The first-order valence-electron chi connectivity index (χ1n) is 8.08. The molecule has 1 N–H and O–H groups in total. The zero-order chi connectivity index (χ0) is 17.8. The number of rotatable bonds is 6. The summed E-state index contributed by atoms with van der Waals surface area (Å²) in [6.07, 6.45) is 2.72. The maximum absolute atomic E-state index is 5.22. The van der Waals surface area contributed by atoms with Crippen LogP contribution in [0.5, 0.6) is 11.8 Å². The Labute approximate surface area is 147 Å². The van der Waals surface area contributed by atoms with E-state index in [2.05, 4.69) is 30.2 Å². The Morgan fingerprint density at radius 1 is 1.16 bits per heavy atom. The van der Waals surface area contributed by atoms with Gasteiger partial charge < -0.3 is 24.6 Å². The molecule has 9 nitrogen and oxygen atoms in total. The molecule has 0 radical (unpaired) electrons. The van der Waals surface area contributed by atoms with Crippen LogP contribution < -0.4 is 24.6 Å². The molecule has 1 saturated heterocycles. The van der Waals surface area contributed by atoms with E-state index in [0.29, 0.717) is 23.7 Å². The molecule has 0 spiro atoms. The third-order valence-electron chi connectivity index (χ3n) is 3.95. The van der Waals surface area contributed by atoms with E-state index in [4.69, 9.17) is 9.47 Å². The van der Waals surface area contributed by atoms with E-state index in [-0.39, 0.29) is 6.04 Å². The van der Waals surface area contributed by atoms with E-state index in [0.717, 1.165) is 25.3 Å². The third kappa shape index (κ3) is 3.98. The summed E-state index contributed by atoms with van der Waals surface area (Å²) in [5, 5.41) is 3.46. The summed E-state index contributed by atoms with van der Waals surface area (Å²) in [6.45, 7) is 1.62. The van der Waals surface area contributed by atoms with Gasteiger partial charge in [-0.2, -0.15) is 15.0 Å². The standard InChI is InChI=1S/C16H23N7O2/c1-22(2)15-17-7-5-12(19-15)18-11-6-8-23(10-11)16-20-13(24-3)9-14(21-16)25-4/h5,7,9,11H,6,8,10H2,1-4H3,(H,17,18,19). The summed E-state index contributed by atoms with van der Waals surface area (Å²) in [7, 11) is 7.00. The molecule has 9 heteroatoms. The van der Waals surface area contributed by atoms with Gasteiger partial charge in [-0.05, 0) is 12.5 Å². The van der Waals surface area contributed by atoms with Crippen molar-refractivity contribution >= 4 is 17.7 Å².